The molecule has 0 bridgehead atoms. The molecule has 4 heterocycles. The van der Waals surface area contributed by atoms with Crippen molar-refractivity contribution in [2.75, 3.05) is 13.1 Å². The molecule has 3 aromatic heterocycles. The van der Waals surface area contributed by atoms with Gasteiger partial charge in [0.05, 0.1) is 6.54 Å². The number of pyridine rings is 1. The van der Waals surface area contributed by atoms with Crippen LogP contribution in [0.1, 0.15) is 37.2 Å². The Bertz CT molecular complexity index is 1160. The van der Waals surface area contributed by atoms with E-state index in [2.05, 4.69) is 37.6 Å². The number of aromatic nitrogens is 6. The third-order valence-electron chi connectivity index (χ3n) is 6.00. The topological polar surface area (TPSA) is 92.6 Å². The minimum Gasteiger partial charge on any atom is -0.346 e. The lowest BCUT2D eigenvalue weighted by Crippen LogP contribution is -2.37. The Kier molecular flexibility index (Phi) is 5.43. The smallest absolute Gasteiger partial charge is 0.222 e. The Morgan fingerprint density at radius 1 is 1.10 bits per heavy atom. The fourth-order valence-electron chi connectivity index (χ4n) is 4.33. The van der Waals surface area contributed by atoms with Crippen LogP contribution in [0.3, 0.4) is 0 Å². The number of hydrogen-bond acceptors (Lipinski definition) is 5. The first-order chi connectivity index (χ1) is 15.3. The molecule has 0 radical (unpaired) electrons. The van der Waals surface area contributed by atoms with E-state index < -0.39 is 0 Å². The number of H-pyrrole nitrogens is 1. The maximum atomic E-state index is 12.7. The minimum atomic E-state index is 0.211. The van der Waals surface area contributed by atoms with Gasteiger partial charge >= 0.3 is 0 Å². The highest BCUT2D eigenvalue weighted by Gasteiger charge is 2.25. The van der Waals surface area contributed by atoms with Gasteiger partial charge in [0.15, 0.2) is 0 Å². The van der Waals surface area contributed by atoms with Crippen molar-refractivity contribution < 1.29 is 4.79 Å². The van der Waals surface area contributed by atoms with Gasteiger partial charge in [-0.1, -0.05) is 30.3 Å². The van der Waals surface area contributed by atoms with Gasteiger partial charge in [-0.25, -0.2) is 4.98 Å². The molecule has 158 valence electrons. The fraction of sp³-hybridized carbons (Fsp3) is 0.348. The van der Waals surface area contributed by atoms with E-state index in [4.69, 9.17) is 0 Å². The van der Waals surface area contributed by atoms with Gasteiger partial charge < -0.3 is 9.88 Å². The largest absolute Gasteiger partial charge is 0.346 e. The maximum absolute atomic E-state index is 12.7. The van der Waals surface area contributed by atoms with Gasteiger partial charge in [0, 0.05) is 42.9 Å². The van der Waals surface area contributed by atoms with E-state index in [0.717, 1.165) is 37.1 Å². The summed E-state index contributed by atoms with van der Waals surface area (Å²) in [5.74, 6) is 1.29. The van der Waals surface area contributed by atoms with E-state index in [1.165, 1.54) is 10.9 Å². The fourth-order valence-corrected chi connectivity index (χ4v) is 4.33. The molecule has 1 aliphatic heterocycles. The summed E-state index contributed by atoms with van der Waals surface area (Å²) < 4.78 is 0. The van der Waals surface area contributed by atoms with Crippen LogP contribution in [0.2, 0.25) is 0 Å². The molecule has 8 nitrogen and oxygen atoms in total. The van der Waals surface area contributed by atoms with Crippen LogP contribution in [-0.2, 0) is 11.3 Å². The number of aryl methyl sites for hydroxylation is 1. The molecule has 5 rings (SSSR count). The Labute approximate surface area is 180 Å². The first-order valence-electron chi connectivity index (χ1n) is 10.8. The highest BCUT2D eigenvalue weighted by Crippen LogP contribution is 2.32. The summed E-state index contributed by atoms with van der Waals surface area (Å²) in [5.41, 5.74) is 3.20. The van der Waals surface area contributed by atoms with Crippen molar-refractivity contribution in [3.63, 3.8) is 0 Å². The maximum Gasteiger partial charge on any atom is 0.222 e. The van der Waals surface area contributed by atoms with E-state index in [9.17, 15) is 4.79 Å². The van der Waals surface area contributed by atoms with Crippen LogP contribution in [0, 0.1) is 0 Å². The van der Waals surface area contributed by atoms with Crippen LogP contribution in [-0.4, -0.2) is 54.1 Å². The lowest BCUT2D eigenvalue weighted by Gasteiger charge is -2.32. The molecule has 1 aliphatic rings. The van der Waals surface area contributed by atoms with Crippen LogP contribution in [0.4, 0.5) is 0 Å². The van der Waals surface area contributed by atoms with Gasteiger partial charge in [0.25, 0.3) is 0 Å². The average Bonchev–Trinajstić information content (AvgIpc) is 3.47. The number of amides is 1. The molecule has 0 saturated carbocycles. The van der Waals surface area contributed by atoms with Gasteiger partial charge in [-0.3, -0.25) is 4.79 Å². The Balaban J connectivity index is 1.10. The predicted octanol–water partition coefficient (Wildman–Crippen LogP) is 3.40. The molecule has 0 spiro atoms. The molecular weight excluding hydrogens is 390 g/mol. The van der Waals surface area contributed by atoms with Gasteiger partial charge in [-0.05, 0) is 48.1 Å². The van der Waals surface area contributed by atoms with Crippen LogP contribution in [0.25, 0.3) is 22.4 Å². The first-order valence-corrected chi connectivity index (χ1v) is 10.8. The quantitative estimate of drug-likeness (QED) is 0.521. The zero-order valence-electron chi connectivity index (χ0n) is 17.3. The molecule has 8 heteroatoms. The summed E-state index contributed by atoms with van der Waals surface area (Å²) in [6.07, 6.45) is 7.06. The van der Waals surface area contributed by atoms with Crippen molar-refractivity contribution in [3.8, 4) is 11.4 Å². The van der Waals surface area contributed by atoms with Gasteiger partial charge in [0.2, 0.25) is 11.7 Å². The summed E-state index contributed by atoms with van der Waals surface area (Å²) >= 11 is 0. The molecule has 0 atom stereocenters. The summed E-state index contributed by atoms with van der Waals surface area (Å²) in [6.45, 7) is 2.19. The highest BCUT2D eigenvalue weighted by atomic mass is 16.2. The summed E-state index contributed by atoms with van der Waals surface area (Å²) in [5, 5.41) is 13.8. The highest BCUT2D eigenvalue weighted by molar-refractivity contribution is 5.80. The van der Waals surface area contributed by atoms with Gasteiger partial charge in [-0.15, -0.1) is 10.2 Å². The van der Waals surface area contributed by atoms with E-state index in [-0.39, 0.29) is 5.91 Å². The third kappa shape index (κ3) is 4.19. The number of piperidine rings is 1. The van der Waals surface area contributed by atoms with Crippen molar-refractivity contribution >= 4 is 16.9 Å². The molecule has 1 N–H and O–H groups in total. The average molecular weight is 416 g/mol. The van der Waals surface area contributed by atoms with E-state index in [0.29, 0.717) is 31.1 Å². The SMILES string of the molecule is O=C(CCCn1nnc(-c2ccccc2)n1)N1CCC(c2c[nH]c3ncccc23)CC1. The molecule has 1 fully saturated rings. The number of rotatable bonds is 6. The van der Waals surface area contributed by atoms with Crippen LogP contribution in [0.15, 0.2) is 54.9 Å². The Hall–Kier alpha value is -3.55. The van der Waals surface area contributed by atoms with Crippen molar-refractivity contribution in [1.82, 2.24) is 35.1 Å². The van der Waals surface area contributed by atoms with Gasteiger partial charge in [0.1, 0.15) is 5.65 Å². The zero-order valence-corrected chi connectivity index (χ0v) is 17.3. The van der Waals surface area contributed by atoms with E-state index in [1.807, 2.05) is 41.3 Å². The lowest BCUT2D eigenvalue weighted by atomic mass is 9.89. The molecule has 1 saturated heterocycles. The number of benzene rings is 1. The number of aromatic amines is 1. The molecule has 4 aromatic rings. The van der Waals surface area contributed by atoms with Gasteiger partial charge in [-0.2, -0.15) is 4.80 Å². The van der Waals surface area contributed by atoms with Crippen molar-refractivity contribution in [2.45, 2.75) is 38.1 Å². The Morgan fingerprint density at radius 2 is 1.94 bits per heavy atom. The number of hydrogen-bond donors (Lipinski definition) is 1. The third-order valence-corrected chi connectivity index (χ3v) is 6.00. The number of carbonyl (C=O) groups excluding carboxylic acids is 1. The molecule has 31 heavy (non-hydrogen) atoms. The lowest BCUT2D eigenvalue weighted by molar-refractivity contribution is -0.132. The second-order valence-corrected chi connectivity index (χ2v) is 7.98. The van der Waals surface area contributed by atoms with Crippen molar-refractivity contribution in [2.24, 2.45) is 0 Å². The predicted molar refractivity (Wildman–Crippen MR) is 117 cm³/mol. The number of fused-ring (bicyclic) bond motifs is 1. The molecule has 0 aliphatic carbocycles. The zero-order chi connectivity index (χ0) is 21.0. The van der Waals surface area contributed by atoms with Crippen molar-refractivity contribution in [1.29, 1.82) is 0 Å². The summed E-state index contributed by atoms with van der Waals surface area (Å²) in [7, 11) is 0. The molecule has 1 amide bonds. The number of nitrogens with one attached hydrogen (secondary N) is 1. The first kappa shape index (κ1) is 19.4. The molecule has 1 aromatic carbocycles. The molecular formula is C23H25N7O. The van der Waals surface area contributed by atoms with E-state index >= 15 is 0 Å². The number of nitrogens with zero attached hydrogens (tertiary/aromatic N) is 6. The summed E-state index contributed by atoms with van der Waals surface area (Å²) in [6, 6.07) is 13.9. The number of tetrazole rings is 1. The monoisotopic (exact) mass is 415 g/mol. The second kappa shape index (κ2) is 8.67. The van der Waals surface area contributed by atoms with Crippen LogP contribution in [0.5, 0.6) is 0 Å². The standard InChI is InChI=1S/C23H25N7O/c31-21(9-5-13-30-27-22(26-28-30)18-6-2-1-3-7-18)29-14-10-17(11-15-29)20-16-25-23-19(20)8-4-12-24-23/h1-4,6-8,12,16-17H,5,9-11,13-15H2,(H,24,25). The molecule has 0 unspecified atom stereocenters. The second-order valence-electron chi connectivity index (χ2n) is 7.98. The van der Waals surface area contributed by atoms with Crippen LogP contribution >= 0.6 is 0 Å². The normalized spacial score (nSPS) is 14.9. The number of likely N-dealkylation sites (tertiary alicyclic amines) is 1. The van der Waals surface area contributed by atoms with Crippen molar-refractivity contribution in [3.05, 3.63) is 60.4 Å². The van der Waals surface area contributed by atoms with E-state index in [1.54, 1.807) is 11.0 Å². The van der Waals surface area contributed by atoms with Crippen LogP contribution < -0.4 is 0 Å². The minimum absolute atomic E-state index is 0.211. The Morgan fingerprint density at radius 3 is 2.77 bits per heavy atom. The number of carbonyl (C=O) groups is 1. The summed E-state index contributed by atoms with van der Waals surface area (Å²) in [4.78, 5) is 23.9.